The Balaban J connectivity index is 2.32. The van der Waals surface area contributed by atoms with Gasteiger partial charge >= 0.3 is 0 Å². The van der Waals surface area contributed by atoms with Crippen LogP contribution in [0.4, 0.5) is 11.6 Å². The third kappa shape index (κ3) is 3.94. The zero-order chi connectivity index (χ0) is 15.1. The van der Waals surface area contributed by atoms with E-state index in [1.54, 1.807) is 17.7 Å². The zero-order valence-electron chi connectivity index (χ0n) is 13.1. The topological polar surface area (TPSA) is 41.1 Å². The molecule has 0 aliphatic carbocycles. The maximum Gasteiger partial charge on any atom is 0.137 e. The molecule has 0 bridgehead atoms. The fourth-order valence-electron chi connectivity index (χ4n) is 2.40. The number of anilines is 2. The van der Waals surface area contributed by atoms with Crippen LogP contribution in [0.3, 0.4) is 0 Å². The second-order valence-corrected chi connectivity index (χ2v) is 5.93. The summed E-state index contributed by atoms with van der Waals surface area (Å²) in [5, 5.41) is 5.49. The molecular weight excluding hydrogens is 280 g/mol. The molecule has 0 aliphatic rings. The first kappa shape index (κ1) is 15.8. The van der Waals surface area contributed by atoms with E-state index in [0.29, 0.717) is 0 Å². The smallest absolute Gasteiger partial charge is 0.137 e. The predicted octanol–water partition coefficient (Wildman–Crippen LogP) is 3.95. The molecule has 0 amide bonds. The van der Waals surface area contributed by atoms with Crippen molar-refractivity contribution >= 4 is 23.0 Å². The zero-order valence-corrected chi connectivity index (χ0v) is 13.9. The number of hydrogen-bond acceptors (Lipinski definition) is 5. The second-order valence-electron chi connectivity index (χ2n) is 4.90. The summed E-state index contributed by atoms with van der Waals surface area (Å²) in [5.41, 5.74) is 1.24. The van der Waals surface area contributed by atoms with Crippen molar-refractivity contribution in [1.29, 1.82) is 0 Å². The standard InChI is InChI=1S/C16H24N4S/c1-4-8-14-15(17-5-2)18-12-19-16(14)20(6-3)11-13-9-7-10-21-13/h7,9-10,12H,4-6,8,11H2,1-3H3,(H,17,18,19). The maximum atomic E-state index is 4.57. The normalized spacial score (nSPS) is 10.6. The molecule has 0 unspecified atom stereocenters. The Kier molecular flexibility index (Phi) is 5.99. The minimum Gasteiger partial charge on any atom is -0.370 e. The van der Waals surface area contributed by atoms with E-state index in [-0.39, 0.29) is 0 Å². The summed E-state index contributed by atoms with van der Waals surface area (Å²) in [6.45, 7) is 9.20. The summed E-state index contributed by atoms with van der Waals surface area (Å²) < 4.78 is 0. The van der Waals surface area contributed by atoms with Crippen LogP contribution in [0.5, 0.6) is 0 Å². The molecule has 2 heterocycles. The van der Waals surface area contributed by atoms with Gasteiger partial charge in [-0.15, -0.1) is 11.3 Å². The van der Waals surface area contributed by atoms with E-state index in [9.17, 15) is 0 Å². The largest absolute Gasteiger partial charge is 0.370 e. The van der Waals surface area contributed by atoms with Crippen molar-refractivity contribution in [2.45, 2.75) is 40.2 Å². The second kappa shape index (κ2) is 7.98. The average molecular weight is 304 g/mol. The highest BCUT2D eigenvalue weighted by Gasteiger charge is 2.16. The van der Waals surface area contributed by atoms with Gasteiger partial charge in [-0.2, -0.15) is 0 Å². The summed E-state index contributed by atoms with van der Waals surface area (Å²) >= 11 is 1.79. The monoisotopic (exact) mass is 304 g/mol. The van der Waals surface area contributed by atoms with Gasteiger partial charge in [-0.1, -0.05) is 19.4 Å². The molecule has 0 aromatic carbocycles. The lowest BCUT2D eigenvalue weighted by atomic mass is 10.1. The van der Waals surface area contributed by atoms with Crippen LogP contribution >= 0.6 is 11.3 Å². The molecule has 0 spiro atoms. The molecule has 0 atom stereocenters. The van der Waals surface area contributed by atoms with Crippen LogP contribution in [0, 0.1) is 0 Å². The summed E-state index contributed by atoms with van der Waals surface area (Å²) in [6.07, 6.45) is 3.76. The first-order valence-electron chi connectivity index (χ1n) is 7.65. The van der Waals surface area contributed by atoms with Gasteiger partial charge in [0.05, 0.1) is 6.54 Å². The Labute approximate surface area is 131 Å². The Morgan fingerprint density at radius 2 is 2.10 bits per heavy atom. The van der Waals surface area contributed by atoms with Crippen molar-refractivity contribution in [1.82, 2.24) is 9.97 Å². The van der Waals surface area contributed by atoms with Crippen molar-refractivity contribution < 1.29 is 0 Å². The van der Waals surface area contributed by atoms with Gasteiger partial charge in [-0.05, 0) is 31.7 Å². The SMILES string of the molecule is CCCc1c(NCC)ncnc1N(CC)Cc1cccs1. The first-order chi connectivity index (χ1) is 10.3. The summed E-state index contributed by atoms with van der Waals surface area (Å²) in [7, 11) is 0. The molecule has 21 heavy (non-hydrogen) atoms. The summed E-state index contributed by atoms with van der Waals surface area (Å²) in [5.74, 6) is 2.05. The molecule has 0 radical (unpaired) electrons. The third-order valence-corrected chi connectivity index (χ3v) is 4.24. The van der Waals surface area contributed by atoms with E-state index in [4.69, 9.17) is 0 Å². The van der Waals surface area contributed by atoms with Gasteiger partial charge in [-0.3, -0.25) is 0 Å². The minimum absolute atomic E-state index is 0.879. The molecule has 1 N–H and O–H groups in total. The van der Waals surface area contributed by atoms with Crippen molar-refractivity contribution in [3.05, 3.63) is 34.3 Å². The number of nitrogens with one attached hydrogen (secondary N) is 1. The van der Waals surface area contributed by atoms with Crippen molar-refractivity contribution in [3.8, 4) is 0 Å². The molecule has 2 aromatic heterocycles. The van der Waals surface area contributed by atoms with Gasteiger partial charge < -0.3 is 10.2 Å². The molecule has 2 aromatic rings. The first-order valence-corrected chi connectivity index (χ1v) is 8.53. The van der Waals surface area contributed by atoms with Crippen LogP contribution in [-0.2, 0) is 13.0 Å². The highest BCUT2D eigenvalue weighted by Crippen LogP contribution is 2.26. The number of nitrogens with zero attached hydrogens (tertiary/aromatic N) is 3. The molecule has 0 fully saturated rings. The molecule has 0 saturated carbocycles. The highest BCUT2D eigenvalue weighted by molar-refractivity contribution is 7.09. The molecule has 114 valence electrons. The average Bonchev–Trinajstić information content (AvgIpc) is 3.00. The van der Waals surface area contributed by atoms with Crippen LogP contribution in [0.15, 0.2) is 23.8 Å². The van der Waals surface area contributed by atoms with Crippen molar-refractivity contribution in [2.24, 2.45) is 0 Å². The van der Waals surface area contributed by atoms with Gasteiger partial charge in [0.25, 0.3) is 0 Å². The molecule has 0 saturated heterocycles. The maximum absolute atomic E-state index is 4.57. The predicted molar refractivity (Wildman–Crippen MR) is 91.2 cm³/mol. The number of rotatable bonds is 8. The van der Waals surface area contributed by atoms with Crippen LogP contribution < -0.4 is 10.2 Å². The molecule has 5 heteroatoms. The fraction of sp³-hybridized carbons (Fsp3) is 0.500. The molecule has 0 aliphatic heterocycles. The lowest BCUT2D eigenvalue weighted by Gasteiger charge is -2.25. The van der Waals surface area contributed by atoms with E-state index in [0.717, 1.165) is 44.1 Å². The van der Waals surface area contributed by atoms with Gasteiger partial charge in [0.15, 0.2) is 0 Å². The number of aromatic nitrogens is 2. The number of hydrogen-bond donors (Lipinski definition) is 1. The van der Waals surface area contributed by atoms with E-state index < -0.39 is 0 Å². The Morgan fingerprint density at radius 3 is 2.71 bits per heavy atom. The van der Waals surface area contributed by atoms with Crippen molar-refractivity contribution in [2.75, 3.05) is 23.3 Å². The third-order valence-electron chi connectivity index (χ3n) is 3.37. The van der Waals surface area contributed by atoms with Crippen LogP contribution in [-0.4, -0.2) is 23.1 Å². The number of thiophene rings is 1. The fourth-order valence-corrected chi connectivity index (χ4v) is 3.12. The van der Waals surface area contributed by atoms with Gasteiger partial charge in [0, 0.05) is 23.5 Å². The Bertz CT molecular complexity index is 539. The lowest BCUT2D eigenvalue weighted by molar-refractivity contribution is 0.795. The molecular formula is C16H24N4S. The Morgan fingerprint density at radius 1 is 1.24 bits per heavy atom. The lowest BCUT2D eigenvalue weighted by Crippen LogP contribution is -2.25. The van der Waals surface area contributed by atoms with E-state index in [1.165, 1.54) is 10.4 Å². The minimum atomic E-state index is 0.879. The van der Waals surface area contributed by atoms with E-state index in [2.05, 4.69) is 58.5 Å². The Hall–Kier alpha value is -1.62. The van der Waals surface area contributed by atoms with Crippen LogP contribution in [0.25, 0.3) is 0 Å². The van der Waals surface area contributed by atoms with Gasteiger partial charge in [0.2, 0.25) is 0 Å². The summed E-state index contributed by atoms with van der Waals surface area (Å²) in [4.78, 5) is 12.7. The van der Waals surface area contributed by atoms with Gasteiger partial charge in [-0.25, -0.2) is 9.97 Å². The quantitative estimate of drug-likeness (QED) is 0.802. The van der Waals surface area contributed by atoms with Crippen molar-refractivity contribution in [3.63, 3.8) is 0 Å². The molecule has 4 nitrogen and oxygen atoms in total. The van der Waals surface area contributed by atoms with E-state index >= 15 is 0 Å². The van der Waals surface area contributed by atoms with Crippen LogP contribution in [0.1, 0.15) is 37.6 Å². The van der Waals surface area contributed by atoms with E-state index in [1.807, 2.05) is 0 Å². The molecule has 2 rings (SSSR count). The summed E-state index contributed by atoms with van der Waals surface area (Å²) in [6, 6.07) is 4.28. The van der Waals surface area contributed by atoms with Gasteiger partial charge in [0.1, 0.15) is 18.0 Å². The van der Waals surface area contributed by atoms with Crippen LogP contribution in [0.2, 0.25) is 0 Å². The highest BCUT2D eigenvalue weighted by atomic mass is 32.1.